The maximum Gasteiger partial charge on any atom is 0.417 e. The number of likely N-dealkylation sites (tertiary alicyclic amines) is 1. The van der Waals surface area contributed by atoms with Crippen LogP contribution in [0.3, 0.4) is 0 Å². The highest BCUT2D eigenvalue weighted by Crippen LogP contribution is 2.29. The number of amides is 4. The molecule has 0 N–H and O–H groups in total. The molecule has 1 aromatic carbocycles. The monoisotopic (exact) mass is 399 g/mol. The highest BCUT2D eigenvalue weighted by molar-refractivity contribution is 6.00. The minimum absolute atomic E-state index is 0.0292. The first kappa shape index (κ1) is 19.4. The van der Waals surface area contributed by atoms with E-state index in [0.29, 0.717) is 32.5 Å². The molecule has 3 aliphatic heterocycles. The predicted molar refractivity (Wildman–Crippen MR) is 104 cm³/mol. The topological polar surface area (TPSA) is 87.2 Å². The Morgan fingerprint density at radius 1 is 1.03 bits per heavy atom. The Labute approximate surface area is 169 Å². The Morgan fingerprint density at radius 3 is 2.38 bits per heavy atom. The summed E-state index contributed by atoms with van der Waals surface area (Å²) in [4.78, 5) is 53.7. The fourth-order valence-corrected chi connectivity index (χ4v) is 4.34. The minimum atomic E-state index is -0.592. The molecule has 4 amide bonds. The van der Waals surface area contributed by atoms with Crippen molar-refractivity contribution >= 4 is 29.5 Å². The summed E-state index contributed by atoms with van der Waals surface area (Å²) in [5.74, 6) is -0.741. The molecule has 3 aliphatic rings. The summed E-state index contributed by atoms with van der Waals surface area (Å²) >= 11 is 0. The van der Waals surface area contributed by atoms with Crippen LogP contribution in [-0.4, -0.2) is 65.9 Å². The smallest absolute Gasteiger partial charge is 0.417 e. The average Bonchev–Trinajstić information content (AvgIpc) is 3.26. The lowest BCUT2D eigenvalue weighted by Gasteiger charge is -2.35. The minimum Gasteiger partial charge on any atom is -0.439 e. The zero-order chi connectivity index (χ0) is 20.7. The van der Waals surface area contributed by atoms with Crippen LogP contribution < -0.4 is 4.90 Å². The van der Waals surface area contributed by atoms with Crippen molar-refractivity contribution in [3.63, 3.8) is 0 Å². The second kappa shape index (κ2) is 7.50. The highest BCUT2D eigenvalue weighted by Gasteiger charge is 2.41. The molecule has 3 saturated heterocycles. The number of anilines is 1. The SMILES string of the molecule is Cc1ccc(N2C[C@H](C(=O)N3CCC(N4C(=O)COC4=O)CC3)CC2=O)cc1C. The number of imide groups is 1. The highest BCUT2D eigenvalue weighted by atomic mass is 16.6. The molecule has 3 fully saturated rings. The van der Waals surface area contributed by atoms with Gasteiger partial charge in [-0.15, -0.1) is 0 Å². The molecule has 29 heavy (non-hydrogen) atoms. The van der Waals surface area contributed by atoms with Gasteiger partial charge in [-0.3, -0.25) is 14.4 Å². The van der Waals surface area contributed by atoms with Gasteiger partial charge in [-0.05, 0) is 49.9 Å². The largest absolute Gasteiger partial charge is 0.439 e. The van der Waals surface area contributed by atoms with Crippen molar-refractivity contribution in [1.29, 1.82) is 0 Å². The average molecular weight is 399 g/mol. The van der Waals surface area contributed by atoms with Crippen LogP contribution in [0.1, 0.15) is 30.4 Å². The molecular weight excluding hydrogens is 374 g/mol. The Hall–Kier alpha value is -2.90. The van der Waals surface area contributed by atoms with E-state index in [1.54, 1.807) is 9.80 Å². The number of carbonyl (C=O) groups excluding carboxylic acids is 4. The lowest BCUT2D eigenvalue weighted by atomic mass is 10.0. The molecule has 0 saturated carbocycles. The maximum atomic E-state index is 13.0. The number of aryl methyl sites for hydroxylation is 2. The van der Waals surface area contributed by atoms with Crippen molar-refractivity contribution in [3.05, 3.63) is 29.3 Å². The molecule has 1 atom stereocenters. The van der Waals surface area contributed by atoms with E-state index in [4.69, 9.17) is 4.74 Å². The second-order valence-electron chi connectivity index (χ2n) is 8.05. The van der Waals surface area contributed by atoms with E-state index in [1.807, 2.05) is 32.0 Å². The van der Waals surface area contributed by atoms with E-state index in [2.05, 4.69) is 0 Å². The Kier molecular flexibility index (Phi) is 5.02. The summed E-state index contributed by atoms with van der Waals surface area (Å²) in [5.41, 5.74) is 3.11. The molecule has 0 aromatic heterocycles. The molecular formula is C21H25N3O5. The lowest BCUT2D eigenvalue weighted by Crippen LogP contribution is -2.49. The van der Waals surface area contributed by atoms with Crippen molar-refractivity contribution in [1.82, 2.24) is 9.80 Å². The zero-order valence-electron chi connectivity index (χ0n) is 16.7. The van der Waals surface area contributed by atoms with E-state index >= 15 is 0 Å². The number of nitrogens with zero attached hydrogens (tertiary/aromatic N) is 3. The number of piperidine rings is 1. The first-order chi connectivity index (χ1) is 13.8. The molecule has 0 aliphatic carbocycles. The van der Waals surface area contributed by atoms with Crippen LogP contribution in [0.2, 0.25) is 0 Å². The zero-order valence-corrected chi connectivity index (χ0v) is 16.7. The van der Waals surface area contributed by atoms with E-state index in [1.165, 1.54) is 4.90 Å². The molecule has 3 heterocycles. The van der Waals surface area contributed by atoms with Crippen LogP contribution in [-0.2, 0) is 19.1 Å². The van der Waals surface area contributed by atoms with Crippen molar-refractivity contribution in [2.24, 2.45) is 5.92 Å². The summed E-state index contributed by atoms with van der Waals surface area (Å²) in [6.07, 6.45) is 0.690. The van der Waals surface area contributed by atoms with Gasteiger partial charge in [0.15, 0.2) is 6.61 Å². The summed E-state index contributed by atoms with van der Waals surface area (Å²) in [7, 11) is 0. The normalized spacial score (nSPS) is 23.2. The van der Waals surface area contributed by atoms with Crippen molar-refractivity contribution in [2.45, 2.75) is 39.2 Å². The first-order valence-electron chi connectivity index (χ1n) is 10.0. The quantitative estimate of drug-likeness (QED) is 0.771. The summed E-state index contributed by atoms with van der Waals surface area (Å²) < 4.78 is 4.78. The third kappa shape index (κ3) is 3.59. The van der Waals surface area contributed by atoms with Gasteiger partial charge < -0.3 is 14.5 Å². The second-order valence-corrected chi connectivity index (χ2v) is 8.05. The molecule has 0 radical (unpaired) electrons. The van der Waals surface area contributed by atoms with Gasteiger partial charge in [0.2, 0.25) is 11.8 Å². The Bertz CT molecular complexity index is 859. The number of cyclic esters (lactones) is 1. The molecule has 0 unspecified atom stereocenters. The van der Waals surface area contributed by atoms with Crippen molar-refractivity contribution in [3.8, 4) is 0 Å². The van der Waals surface area contributed by atoms with Gasteiger partial charge in [0.25, 0.3) is 5.91 Å². The summed E-state index contributed by atoms with van der Waals surface area (Å²) in [5, 5.41) is 0. The van der Waals surface area contributed by atoms with E-state index < -0.39 is 6.09 Å². The standard InChI is InChI=1S/C21H25N3O5/c1-13-3-4-17(9-14(13)2)23-11-15(10-18(23)25)20(27)22-7-5-16(6-8-22)24-19(26)12-29-21(24)28/h3-4,9,15-16H,5-8,10-12H2,1-2H3/t15-/m1/s1. The van der Waals surface area contributed by atoms with Crippen LogP contribution >= 0.6 is 0 Å². The number of benzene rings is 1. The fourth-order valence-electron chi connectivity index (χ4n) is 4.34. The molecule has 4 rings (SSSR count). The number of hydrogen-bond acceptors (Lipinski definition) is 5. The van der Waals surface area contributed by atoms with Crippen LogP contribution in [0, 0.1) is 19.8 Å². The third-order valence-corrected chi connectivity index (χ3v) is 6.20. The van der Waals surface area contributed by atoms with Gasteiger partial charge in [0.1, 0.15) is 0 Å². The molecule has 0 spiro atoms. The first-order valence-corrected chi connectivity index (χ1v) is 10.0. The van der Waals surface area contributed by atoms with Crippen molar-refractivity contribution in [2.75, 3.05) is 31.1 Å². The predicted octanol–water partition coefficient (Wildman–Crippen LogP) is 1.63. The summed E-state index contributed by atoms with van der Waals surface area (Å²) in [6.45, 7) is 5.15. The van der Waals surface area contributed by atoms with Gasteiger partial charge in [-0.25, -0.2) is 9.69 Å². The van der Waals surface area contributed by atoms with E-state index in [9.17, 15) is 19.2 Å². The van der Waals surface area contributed by atoms with Crippen LogP contribution in [0.5, 0.6) is 0 Å². The van der Waals surface area contributed by atoms with E-state index in [-0.39, 0.29) is 42.7 Å². The number of carbonyl (C=O) groups is 4. The summed E-state index contributed by atoms with van der Waals surface area (Å²) in [6, 6.07) is 5.67. The molecule has 154 valence electrons. The molecule has 8 nitrogen and oxygen atoms in total. The molecule has 1 aromatic rings. The van der Waals surface area contributed by atoms with Crippen LogP contribution in [0.4, 0.5) is 10.5 Å². The van der Waals surface area contributed by atoms with Crippen LogP contribution in [0.15, 0.2) is 18.2 Å². The molecule has 8 heteroatoms. The Morgan fingerprint density at radius 2 is 1.76 bits per heavy atom. The van der Waals surface area contributed by atoms with Gasteiger partial charge >= 0.3 is 6.09 Å². The van der Waals surface area contributed by atoms with Gasteiger partial charge in [-0.1, -0.05) is 6.07 Å². The van der Waals surface area contributed by atoms with Gasteiger partial charge in [0.05, 0.1) is 5.92 Å². The van der Waals surface area contributed by atoms with Crippen molar-refractivity contribution < 1.29 is 23.9 Å². The number of hydrogen-bond donors (Lipinski definition) is 0. The number of rotatable bonds is 3. The maximum absolute atomic E-state index is 13.0. The van der Waals surface area contributed by atoms with Gasteiger partial charge in [0, 0.05) is 37.8 Å². The van der Waals surface area contributed by atoms with Gasteiger partial charge in [-0.2, -0.15) is 0 Å². The third-order valence-electron chi connectivity index (χ3n) is 6.20. The number of ether oxygens (including phenoxy) is 1. The lowest BCUT2D eigenvalue weighted by molar-refractivity contribution is -0.137. The van der Waals surface area contributed by atoms with Crippen LogP contribution in [0.25, 0.3) is 0 Å². The van der Waals surface area contributed by atoms with E-state index in [0.717, 1.165) is 16.8 Å². The molecule has 0 bridgehead atoms. The fraction of sp³-hybridized carbons (Fsp3) is 0.524. The Balaban J connectivity index is 1.37.